The Morgan fingerprint density at radius 1 is 1.17 bits per heavy atom. The number of primary amides is 1. The summed E-state index contributed by atoms with van der Waals surface area (Å²) in [6.07, 6.45) is 1.66. The van der Waals surface area contributed by atoms with Gasteiger partial charge in [-0.25, -0.2) is 0 Å². The molecule has 0 fully saturated rings. The Kier molecular flexibility index (Phi) is 4.20. The van der Waals surface area contributed by atoms with Crippen LogP contribution >= 0.6 is 0 Å². The highest BCUT2D eigenvalue weighted by atomic mass is 16.5. The number of allylic oxidation sites excluding steroid dienone is 1. The number of amides is 1. The van der Waals surface area contributed by atoms with Crippen LogP contribution in [0.25, 0.3) is 6.08 Å². The van der Waals surface area contributed by atoms with Gasteiger partial charge in [-0.2, -0.15) is 0 Å². The fraction of sp³-hybridized carbons (Fsp3) is 0.111. The molecular formula is C18H15NO5. The molecule has 1 amide bonds. The summed E-state index contributed by atoms with van der Waals surface area (Å²) in [4.78, 5) is 23.1. The average Bonchev–Trinajstić information content (AvgIpc) is 2.89. The molecule has 0 atom stereocenters. The molecule has 6 nitrogen and oxygen atoms in total. The number of carbonyl (C=O) groups excluding carboxylic acids is 2. The predicted molar refractivity (Wildman–Crippen MR) is 87.1 cm³/mol. The lowest BCUT2D eigenvalue weighted by Crippen LogP contribution is -2.19. The van der Waals surface area contributed by atoms with E-state index in [1.165, 1.54) is 0 Å². The highest BCUT2D eigenvalue weighted by molar-refractivity contribution is 6.14. The van der Waals surface area contributed by atoms with E-state index >= 15 is 0 Å². The van der Waals surface area contributed by atoms with E-state index in [0.717, 1.165) is 11.3 Å². The van der Waals surface area contributed by atoms with Crippen molar-refractivity contribution in [3.63, 3.8) is 0 Å². The van der Waals surface area contributed by atoms with E-state index in [4.69, 9.17) is 19.9 Å². The van der Waals surface area contributed by atoms with E-state index in [1.807, 2.05) is 12.1 Å². The van der Waals surface area contributed by atoms with Gasteiger partial charge in [0.25, 0.3) is 5.91 Å². The maximum atomic E-state index is 12.4. The number of benzene rings is 2. The van der Waals surface area contributed by atoms with Gasteiger partial charge in [-0.3, -0.25) is 9.59 Å². The van der Waals surface area contributed by atoms with Crippen LogP contribution in [0.15, 0.2) is 48.2 Å². The lowest BCUT2D eigenvalue weighted by atomic mass is 10.1. The number of methoxy groups -OCH3 is 1. The number of ketones is 1. The minimum atomic E-state index is -0.576. The minimum absolute atomic E-state index is 0.206. The van der Waals surface area contributed by atoms with E-state index in [9.17, 15) is 9.59 Å². The van der Waals surface area contributed by atoms with Crippen molar-refractivity contribution in [1.29, 1.82) is 0 Å². The second-order valence-corrected chi connectivity index (χ2v) is 5.13. The highest BCUT2D eigenvalue weighted by Gasteiger charge is 2.27. The molecule has 0 saturated carbocycles. The summed E-state index contributed by atoms with van der Waals surface area (Å²) < 4.78 is 15.9. The average molecular weight is 325 g/mol. The molecule has 3 rings (SSSR count). The van der Waals surface area contributed by atoms with Crippen molar-refractivity contribution < 1.29 is 23.8 Å². The van der Waals surface area contributed by atoms with Crippen LogP contribution in [0.1, 0.15) is 15.9 Å². The highest BCUT2D eigenvalue weighted by Crippen LogP contribution is 2.34. The zero-order valence-electron chi connectivity index (χ0n) is 12.9. The molecule has 24 heavy (non-hydrogen) atoms. The van der Waals surface area contributed by atoms with Gasteiger partial charge in [0, 0.05) is 6.07 Å². The lowest BCUT2D eigenvalue weighted by molar-refractivity contribution is -0.119. The summed E-state index contributed by atoms with van der Waals surface area (Å²) in [6, 6.07) is 12.0. The number of carbonyl (C=O) groups is 2. The predicted octanol–water partition coefficient (Wildman–Crippen LogP) is 2.18. The number of rotatable bonds is 5. The SMILES string of the molecule is COc1ccc(/C=C2/Oc3cc(OCC(N)=O)ccc3C2=O)cc1. The second-order valence-electron chi connectivity index (χ2n) is 5.13. The Morgan fingerprint density at radius 3 is 2.54 bits per heavy atom. The van der Waals surface area contributed by atoms with Crippen molar-refractivity contribution in [1.82, 2.24) is 0 Å². The lowest BCUT2D eigenvalue weighted by Gasteiger charge is -2.04. The molecule has 1 heterocycles. The van der Waals surface area contributed by atoms with Crippen molar-refractivity contribution in [2.45, 2.75) is 0 Å². The first-order valence-corrected chi connectivity index (χ1v) is 7.20. The van der Waals surface area contributed by atoms with Gasteiger partial charge in [-0.1, -0.05) is 12.1 Å². The first-order chi connectivity index (χ1) is 11.6. The molecule has 2 aromatic carbocycles. The van der Waals surface area contributed by atoms with E-state index in [1.54, 1.807) is 43.5 Å². The molecule has 0 saturated heterocycles. The first kappa shape index (κ1) is 15.6. The second kappa shape index (κ2) is 6.45. The van der Waals surface area contributed by atoms with Gasteiger partial charge < -0.3 is 19.9 Å². The minimum Gasteiger partial charge on any atom is -0.497 e. The number of hydrogen-bond acceptors (Lipinski definition) is 5. The normalized spacial score (nSPS) is 14.2. The molecule has 6 heteroatoms. The van der Waals surface area contributed by atoms with Crippen molar-refractivity contribution in [2.75, 3.05) is 13.7 Å². The van der Waals surface area contributed by atoms with Crippen molar-refractivity contribution >= 4 is 17.8 Å². The molecule has 2 aromatic rings. The van der Waals surface area contributed by atoms with Crippen LogP contribution in [0, 0.1) is 0 Å². The number of hydrogen-bond donors (Lipinski definition) is 1. The monoisotopic (exact) mass is 325 g/mol. The Bertz CT molecular complexity index is 824. The Hall–Kier alpha value is -3.28. The fourth-order valence-electron chi connectivity index (χ4n) is 2.26. The maximum absolute atomic E-state index is 12.4. The topological polar surface area (TPSA) is 87.8 Å². The van der Waals surface area contributed by atoms with E-state index in [2.05, 4.69) is 0 Å². The number of nitrogens with two attached hydrogens (primary N) is 1. The molecule has 0 bridgehead atoms. The number of fused-ring (bicyclic) bond motifs is 1. The third-order valence-electron chi connectivity index (χ3n) is 3.44. The zero-order chi connectivity index (χ0) is 17.1. The molecule has 0 aliphatic carbocycles. The largest absolute Gasteiger partial charge is 0.497 e. The summed E-state index contributed by atoms with van der Waals surface area (Å²) in [5, 5.41) is 0. The number of Topliss-reactive ketones (excluding diaryl/α,β-unsaturated/α-hetero) is 1. The van der Waals surface area contributed by atoms with E-state index in [0.29, 0.717) is 17.1 Å². The van der Waals surface area contributed by atoms with Crippen LogP contribution in [0.3, 0.4) is 0 Å². The fourth-order valence-corrected chi connectivity index (χ4v) is 2.26. The summed E-state index contributed by atoms with van der Waals surface area (Å²) in [6.45, 7) is -0.235. The Morgan fingerprint density at radius 2 is 1.88 bits per heavy atom. The molecule has 0 unspecified atom stereocenters. The summed E-state index contributed by atoms with van der Waals surface area (Å²) in [5.41, 5.74) is 6.30. The molecule has 2 N–H and O–H groups in total. The van der Waals surface area contributed by atoms with Crippen molar-refractivity contribution in [3.05, 3.63) is 59.4 Å². The molecule has 122 valence electrons. The van der Waals surface area contributed by atoms with Gasteiger partial charge in [0.1, 0.15) is 17.2 Å². The summed E-state index contributed by atoms with van der Waals surface area (Å²) in [7, 11) is 1.59. The first-order valence-electron chi connectivity index (χ1n) is 7.20. The summed E-state index contributed by atoms with van der Waals surface area (Å²) in [5.74, 6) is 0.972. The quantitative estimate of drug-likeness (QED) is 0.851. The van der Waals surface area contributed by atoms with Gasteiger partial charge in [0.2, 0.25) is 5.78 Å². The standard InChI is InChI=1S/C18H15NO5/c1-22-12-4-2-11(3-5-12)8-16-18(21)14-7-6-13(9-15(14)24-16)23-10-17(19)20/h2-9H,10H2,1H3,(H2,19,20)/b16-8+. The van der Waals surface area contributed by atoms with Gasteiger partial charge in [0.05, 0.1) is 12.7 Å². The van der Waals surface area contributed by atoms with Gasteiger partial charge in [-0.05, 0) is 35.9 Å². The van der Waals surface area contributed by atoms with Gasteiger partial charge >= 0.3 is 0 Å². The smallest absolute Gasteiger partial charge is 0.255 e. The van der Waals surface area contributed by atoms with Gasteiger partial charge in [-0.15, -0.1) is 0 Å². The third-order valence-corrected chi connectivity index (χ3v) is 3.44. The molecular weight excluding hydrogens is 310 g/mol. The number of ether oxygens (including phenoxy) is 3. The van der Waals surface area contributed by atoms with E-state index in [-0.39, 0.29) is 18.1 Å². The van der Waals surface area contributed by atoms with Crippen LogP contribution < -0.4 is 19.9 Å². The van der Waals surface area contributed by atoms with Gasteiger partial charge in [0.15, 0.2) is 12.4 Å². The van der Waals surface area contributed by atoms with Crippen LogP contribution in [0.2, 0.25) is 0 Å². The van der Waals surface area contributed by atoms with Crippen molar-refractivity contribution in [2.24, 2.45) is 5.73 Å². The molecule has 0 spiro atoms. The Labute approximate surface area is 138 Å². The van der Waals surface area contributed by atoms with Crippen LogP contribution in [-0.4, -0.2) is 25.4 Å². The molecule has 0 radical (unpaired) electrons. The van der Waals surface area contributed by atoms with Crippen LogP contribution in [-0.2, 0) is 4.79 Å². The molecule has 0 aromatic heterocycles. The Balaban J connectivity index is 1.81. The third kappa shape index (κ3) is 3.22. The van der Waals surface area contributed by atoms with E-state index < -0.39 is 5.91 Å². The zero-order valence-corrected chi connectivity index (χ0v) is 12.9. The maximum Gasteiger partial charge on any atom is 0.255 e. The van der Waals surface area contributed by atoms with Crippen LogP contribution in [0.5, 0.6) is 17.2 Å². The molecule has 1 aliphatic rings. The summed E-state index contributed by atoms with van der Waals surface area (Å²) >= 11 is 0. The van der Waals surface area contributed by atoms with Crippen LogP contribution in [0.4, 0.5) is 0 Å². The van der Waals surface area contributed by atoms with Crippen molar-refractivity contribution in [3.8, 4) is 17.2 Å². The molecule has 1 aliphatic heterocycles.